The number of esters is 1. The van der Waals surface area contributed by atoms with Crippen LogP contribution < -0.4 is 14.2 Å². The number of carbonyl (C=O) groups excluding carboxylic acids is 2. The van der Waals surface area contributed by atoms with Gasteiger partial charge in [0.1, 0.15) is 5.60 Å². The molecule has 0 aliphatic rings. The van der Waals surface area contributed by atoms with Gasteiger partial charge in [-0.15, -0.1) is 0 Å². The van der Waals surface area contributed by atoms with Gasteiger partial charge in [-0.3, -0.25) is 9.59 Å². The molecule has 0 N–H and O–H groups in total. The topological polar surface area (TPSA) is 71.1 Å². The fourth-order valence-corrected chi connectivity index (χ4v) is 1.99. The van der Waals surface area contributed by atoms with Gasteiger partial charge in [0.15, 0.2) is 17.3 Å². The SMILES string of the molecule is COc1cc(C(=O)CCC(=O)OC(C)(C)C)cc(OC)c1OC. The van der Waals surface area contributed by atoms with Gasteiger partial charge >= 0.3 is 5.97 Å². The van der Waals surface area contributed by atoms with E-state index in [2.05, 4.69) is 0 Å². The third-order valence-corrected chi connectivity index (χ3v) is 2.96. The molecule has 0 aromatic heterocycles. The summed E-state index contributed by atoms with van der Waals surface area (Å²) in [5.41, 5.74) is -0.171. The molecule has 0 spiro atoms. The quantitative estimate of drug-likeness (QED) is 0.567. The van der Waals surface area contributed by atoms with Crippen molar-refractivity contribution in [2.45, 2.75) is 39.2 Å². The van der Waals surface area contributed by atoms with E-state index in [4.69, 9.17) is 18.9 Å². The molecule has 128 valence electrons. The van der Waals surface area contributed by atoms with Crippen molar-refractivity contribution in [2.24, 2.45) is 0 Å². The van der Waals surface area contributed by atoms with E-state index in [1.807, 2.05) is 0 Å². The first-order valence-electron chi connectivity index (χ1n) is 7.27. The Morgan fingerprint density at radius 1 is 0.913 bits per heavy atom. The summed E-state index contributed by atoms with van der Waals surface area (Å²) < 4.78 is 20.8. The highest BCUT2D eigenvalue weighted by atomic mass is 16.6. The number of carbonyl (C=O) groups is 2. The fourth-order valence-electron chi connectivity index (χ4n) is 1.99. The van der Waals surface area contributed by atoms with E-state index in [0.717, 1.165) is 0 Å². The van der Waals surface area contributed by atoms with Crippen molar-refractivity contribution in [2.75, 3.05) is 21.3 Å². The summed E-state index contributed by atoms with van der Waals surface area (Å²) in [4.78, 5) is 24.0. The Labute approximate surface area is 136 Å². The van der Waals surface area contributed by atoms with Gasteiger partial charge in [-0.25, -0.2) is 0 Å². The van der Waals surface area contributed by atoms with Crippen molar-refractivity contribution in [1.82, 2.24) is 0 Å². The summed E-state index contributed by atoms with van der Waals surface area (Å²) >= 11 is 0. The normalized spacial score (nSPS) is 10.9. The van der Waals surface area contributed by atoms with Crippen LogP contribution in [0.4, 0.5) is 0 Å². The van der Waals surface area contributed by atoms with Crippen LogP contribution in [0.1, 0.15) is 44.0 Å². The van der Waals surface area contributed by atoms with Crippen LogP contribution in [0, 0.1) is 0 Å². The highest BCUT2D eigenvalue weighted by Gasteiger charge is 2.20. The number of Topliss-reactive ketones (excluding diaryl/α,β-unsaturated/α-hetero) is 1. The van der Waals surface area contributed by atoms with Crippen molar-refractivity contribution in [3.8, 4) is 17.2 Å². The number of methoxy groups -OCH3 is 3. The van der Waals surface area contributed by atoms with Crippen LogP contribution in [-0.2, 0) is 9.53 Å². The fraction of sp³-hybridized carbons (Fsp3) is 0.529. The lowest BCUT2D eigenvalue weighted by atomic mass is 10.1. The van der Waals surface area contributed by atoms with E-state index in [-0.39, 0.29) is 18.6 Å². The maximum absolute atomic E-state index is 12.3. The summed E-state index contributed by atoms with van der Waals surface area (Å²) in [6, 6.07) is 3.14. The number of hydrogen-bond donors (Lipinski definition) is 0. The molecule has 1 aromatic rings. The molecule has 1 rings (SSSR count). The van der Waals surface area contributed by atoms with Gasteiger partial charge in [0, 0.05) is 12.0 Å². The number of ketones is 1. The minimum Gasteiger partial charge on any atom is -0.493 e. The molecule has 0 aliphatic heterocycles. The van der Waals surface area contributed by atoms with Crippen molar-refractivity contribution in [1.29, 1.82) is 0 Å². The third-order valence-electron chi connectivity index (χ3n) is 2.96. The molecule has 23 heavy (non-hydrogen) atoms. The lowest BCUT2D eigenvalue weighted by Crippen LogP contribution is -2.24. The smallest absolute Gasteiger partial charge is 0.306 e. The monoisotopic (exact) mass is 324 g/mol. The minimum absolute atomic E-state index is 0.0206. The van der Waals surface area contributed by atoms with E-state index < -0.39 is 11.6 Å². The standard InChI is InChI=1S/C17H24O6/c1-17(2,3)23-15(19)8-7-12(18)11-9-13(20-4)16(22-6)14(10-11)21-5/h9-10H,7-8H2,1-6H3. The van der Waals surface area contributed by atoms with Gasteiger partial charge in [0.05, 0.1) is 27.8 Å². The zero-order valence-corrected chi connectivity index (χ0v) is 14.5. The third kappa shape index (κ3) is 5.47. The van der Waals surface area contributed by atoms with E-state index >= 15 is 0 Å². The largest absolute Gasteiger partial charge is 0.493 e. The van der Waals surface area contributed by atoms with Crippen LogP contribution in [0.3, 0.4) is 0 Å². The van der Waals surface area contributed by atoms with Crippen molar-refractivity contribution < 1.29 is 28.5 Å². The van der Waals surface area contributed by atoms with Gasteiger partial charge in [-0.2, -0.15) is 0 Å². The van der Waals surface area contributed by atoms with Crippen LogP contribution >= 0.6 is 0 Å². The van der Waals surface area contributed by atoms with Crippen LogP contribution in [0.2, 0.25) is 0 Å². The predicted octanol–water partition coefficient (Wildman–Crippen LogP) is 3.02. The van der Waals surface area contributed by atoms with Gasteiger partial charge in [0.2, 0.25) is 5.75 Å². The van der Waals surface area contributed by atoms with Crippen LogP contribution in [0.25, 0.3) is 0 Å². The molecule has 0 saturated heterocycles. The molecule has 6 nitrogen and oxygen atoms in total. The second kappa shape index (κ2) is 7.85. The van der Waals surface area contributed by atoms with Crippen molar-refractivity contribution in [3.63, 3.8) is 0 Å². The van der Waals surface area contributed by atoms with Gasteiger partial charge in [0.25, 0.3) is 0 Å². The molecular weight excluding hydrogens is 300 g/mol. The van der Waals surface area contributed by atoms with Gasteiger partial charge in [-0.05, 0) is 32.9 Å². The zero-order valence-electron chi connectivity index (χ0n) is 14.5. The average Bonchev–Trinajstić information content (AvgIpc) is 2.49. The Morgan fingerprint density at radius 2 is 1.43 bits per heavy atom. The molecule has 0 bridgehead atoms. The Bertz CT molecular complexity index is 546. The van der Waals surface area contributed by atoms with E-state index in [1.165, 1.54) is 21.3 Å². The molecule has 0 aliphatic carbocycles. The average molecular weight is 324 g/mol. The maximum Gasteiger partial charge on any atom is 0.306 e. The summed E-state index contributed by atoms with van der Waals surface area (Å²) in [5, 5.41) is 0. The van der Waals surface area contributed by atoms with E-state index in [9.17, 15) is 9.59 Å². The molecular formula is C17H24O6. The van der Waals surface area contributed by atoms with Crippen molar-refractivity contribution in [3.05, 3.63) is 17.7 Å². The molecule has 0 amide bonds. The summed E-state index contributed by atoms with van der Waals surface area (Å²) in [7, 11) is 4.45. The summed E-state index contributed by atoms with van der Waals surface area (Å²) in [6.07, 6.45) is 0.0698. The number of ether oxygens (including phenoxy) is 4. The molecule has 0 unspecified atom stereocenters. The van der Waals surface area contributed by atoms with Crippen LogP contribution in [0.5, 0.6) is 17.2 Å². The molecule has 0 fully saturated rings. The lowest BCUT2D eigenvalue weighted by Gasteiger charge is -2.19. The summed E-state index contributed by atoms with van der Waals surface area (Å²) in [6.45, 7) is 5.35. The summed E-state index contributed by atoms with van der Waals surface area (Å²) in [5.74, 6) is 0.604. The van der Waals surface area contributed by atoms with Gasteiger partial charge < -0.3 is 18.9 Å². The maximum atomic E-state index is 12.3. The zero-order chi connectivity index (χ0) is 17.6. The number of hydrogen-bond acceptors (Lipinski definition) is 6. The second-order valence-corrected chi connectivity index (χ2v) is 5.92. The molecule has 1 aromatic carbocycles. The second-order valence-electron chi connectivity index (χ2n) is 5.92. The molecule has 0 atom stereocenters. The highest BCUT2D eigenvalue weighted by molar-refractivity contribution is 5.98. The van der Waals surface area contributed by atoms with E-state index in [1.54, 1.807) is 32.9 Å². The van der Waals surface area contributed by atoms with Crippen molar-refractivity contribution >= 4 is 11.8 Å². The highest BCUT2D eigenvalue weighted by Crippen LogP contribution is 2.38. The first kappa shape index (κ1) is 18.8. The van der Waals surface area contributed by atoms with Crippen LogP contribution in [0.15, 0.2) is 12.1 Å². The lowest BCUT2D eigenvalue weighted by molar-refractivity contribution is -0.154. The Kier molecular flexibility index (Phi) is 6.42. The number of rotatable bonds is 7. The van der Waals surface area contributed by atoms with Crippen LogP contribution in [-0.4, -0.2) is 38.7 Å². The molecule has 6 heteroatoms. The predicted molar refractivity (Wildman–Crippen MR) is 85.5 cm³/mol. The minimum atomic E-state index is -0.563. The van der Waals surface area contributed by atoms with Gasteiger partial charge in [-0.1, -0.05) is 0 Å². The molecule has 0 heterocycles. The Morgan fingerprint density at radius 3 is 1.83 bits per heavy atom. The van der Waals surface area contributed by atoms with E-state index in [0.29, 0.717) is 22.8 Å². The first-order valence-corrected chi connectivity index (χ1v) is 7.27. The first-order chi connectivity index (χ1) is 10.7. The molecule has 0 saturated carbocycles. The Balaban J connectivity index is 2.86. The Hall–Kier alpha value is -2.24. The molecule has 0 radical (unpaired) electrons. The number of benzene rings is 1.